The quantitative estimate of drug-likeness (QED) is 0.586. The van der Waals surface area contributed by atoms with Gasteiger partial charge in [-0.15, -0.1) is 0 Å². The van der Waals surface area contributed by atoms with Crippen LogP contribution in [0.2, 0.25) is 0 Å². The maximum absolute atomic E-state index is 8.92. The molecule has 1 aliphatic heterocycles. The number of aliphatic hydroxyl groups is 1. The molecule has 1 aliphatic rings. The largest absolute Gasteiger partial charge is 0.395 e. The molecule has 1 rings (SSSR count). The van der Waals surface area contributed by atoms with E-state index < -0.39 is 0 Å². The van der Waals surface area contributed by atoms with Gasteiger partial charge < -0.3 is 5.11 Å². The Morgan fingerprint density at radius 1 is 1.70 bits per heavy atom. The van der Waals surface area contributed by atoms with E-state index in [1.807, 2.05) is 19.9 Å². The lowest BCUT2D eigenvalue weighted by Gasteiger charge is -2.26. The van der Waals surface area contributed by atoms with Crippen LogP contribution in [0.1, 0.15) is 13.8 Å². The minimum Gasteiger partial charge on any atom is -0.395 e. The molecule has 2 nitrogen and oxygen atoms in total. The maximum Gasteiger partial charge on any atom is 0.0526 e. The van der Waals surface area contributed by atoms with Crippen LogP contribution in [0.4, 0.5) is 0 Å². The Balaban J connectivity index is 2.61. The van der Waals surface area contributed by atoms with Crippen molar-refractivity contribution >= 4 is 13.6 Å². The molecule has 0 radical (unpaired) electrons. The van der Waals surface area contributed by atoms with Gasteiger partial charge in [-0.3, -0.25) is 5.73 Å². The van der Waals surface area contributed by atoms with Crippen LogP contribution < -0.4 is 5.73 Å². The first-order chi connectivity index (χ1) is 4.56. The molecule has 0 aromatic carbocycles. The lowest BCUT2D eigenvalue weighted by atomic mass is 9.93. The molecule has 3 N–H and O–H groups in total. The van der Waals surface area contributed by atoms with Crippen molar-refractivity contribution in [2.24, 2.45) is 11.1 Å². The molecule has 0 aromatic rings. The molecule has 0 saturated heterocycles. The van der Waals surface area contributed by atoms with Gasteiger partial charge in [0.2, 0.25) is 0 Å². The van der Waals surface area contributed by atoms with Gasteiger partial charge in [0, 0.05) is 10.8 Å². The summed E-state index contributed by atoms with van der Waals surface area (Å²) in [6, 6.07) is 0. The second kappa shape index (κ2) is 2.46. The van der Waals surface area contributed by atoms with Gasteiger partial charge in [0.15, 0.2) is 0 Å². The molecule has 0 unspecified atom stereocenters. The second-order valence-electron chi connectivity index (χ2n) is 3.11. The molecule has 0 spiro atoms. The van der Waals surface area contributed by atoms with Crippen molar-refractivity contribution in [1.82, 2.24) is 0 Å². The lowest BCUT2D eigenvalue weighted by molar-refractivity contribution is 0.196. The van der Waals surface area contributed by atoms with Crippen LogP contribution in [0.15, 0.2) is 11.4 Å². The van der Waals surface area contributed by atoms with Crippen molar-refractivity contribution in [2.45, 2.75) is 13.8 Å². The van der Waals surface area contributed by atoms with E-state index in [2.05, 4.69) is 0 Å². The van der Waals surface area contributed by atoms with Crippen molar-refractivity contribution in [3.63, 3.8) is 0 Å². The molecule has 0 atom stereocenters. The van der Waals surface area contributed by atoms with Gasteiger partial charge in [-0.25, -0.2) is 0 Å². The minimum absolute atomic E-state index is 0.0789. The summed E-state index contributed by atoms with van der Waals surface area (Å²) in [6.45, 7) is 4.22. The van der Waals surface area contributed by atoms with Gasteiger partial charge in [0.05, 0.1) is 6.61 Å². The highest BCUT2D eigenvalue weighted by Crippen LogP contribution is 2.39. The number of rotatable bonds is 2. The van der Waals surface area contributed by atoms with Crippen LogP contribution >= 0.6 is 8.20 Å². The predicted molar refractivity (Wildman–Crippen MR) is 45.1 cm³/mol. The molecule has 10 heavy (non-hydrogen) atoms. The monoisotopic (exact) mass is 157 g/mol. The Labute approximate surface area is 62.5 Å². The lowest BCUT2D eigenvalue weighted by Crippen LogP contribution is -2.23. The smallest absolute Gasteiger partial charge is 0.0526 e. The van der Waals surface area contributed by atoms with Crippen LogP contribution in [-0.4, -0.2) is 17.1 Å². The number of hydrogen-bond donors (Lipinski definition) is 2. The topological polar surface area (TPSA) is 46.2 Å². The fraction of sp³-hybridized carbons (Fsp3) is 0.571. The van der Waals surface area contributed by atoms with Crippen molar-refractivity contribution < 1.29 is 5.11 Å². The van der Waals surface area contributed by atoms with Crippen molar-refractivity contribution in [3.05, 3.63) is 11.4 Å². The molecule has 56 valence electrons. The summed E-state index contributed by atoms with van der Waals surface area (Å²) in [5, 5.41) is 10.1. The van der Waals surface area contributed by atoms with Gasteiger partial charge in [0.25, 0.3) is 0 Å². The molecule has 0 aliphatic carbocycles. The fourth-order valence-electron chi connectivity index (χ4n) is 0.705. The van der Waals surface area contributed by atoms with E-state index in [0.29, 0.717) is 0 Å². The van der Waals surface area contributed by atoms with Crippen LogP contribution in [0.5, 0.6) is 0 Å². The predicted octanol–water partition coefficient (Wildman–Crippen LogP) is 0.937. The average Bonchev–Trinajstić information content (AvgIpc) is 1.81. The summed E-state index contributed by atoms with van der Waals surface area (Å²) in [7, 11) is 1.10. The zero-order valence-electron chi connectivity index (χ0n) is 6.26. The van der Waals surface area contributed by atoms with Crippen molar-refractivity contribution in [3.8, 4) is 0 Å². The van der Waals surface area contributed by atoms with Crippen LogP contribution in [0.3, 0.4) is 0 Å². The highest BCUT2D eigenvalue weighted by atomic mass is 31.1. The Hall–Kier alpha value is -0.170. The Morgan fingerprint density at radius 2 is 2.20 bits per heavy atom. The first-order valence-electron chi connectivity index (χ1n) is 3.23. The van der Waals surface area contributed by atoms with Crippen LogP contribution in [0.25, 0.3) is 0 Å². The van der Waals surface area contributed by atoms with Gasteiger partial charge in [-0.2, -0.15) is 0 Å². The molecule has 0 aromatic heterocycles. The Kier molecular flexibility index (Phi) is 1.95. The highest BCUT2D eigenvalue weighted by molar-refractivity contribution is 7.48. The third-order valence-corrected chi connectivity index (χ3v) is 2.99. The summed E-state index contributed by atoms with van der Waals surface area (Å²) >= 11 is 0. The Bertz CT molecular complexity index is 206. The summed E-state index contributed by atoms with van der Waals surface area (Å²) in [6.07, 6.45) is 1.94. The van der Waals surface area contributed by atoms with Crippen LogP contribution in [0, 0.1) is 5.41 Å². The van der Waals surface area contributed by atoms with E-state index in [-0.39, 0.29) is 12.0 Å². The number of nitrogens with two attached hydrogens (primary N) is 1. The van der Waals surface area contributed by atoms with E-state index >= 15 is 0 Å². The second-order valence-corrected chi connectivity index (χ2v) is 4.33. The van der Waals surface area contributed by atoms with Gasteiger partial charge in [0.1, 0.15) is 0 Å². The number of aliphatic hydroxyl groups excluding tert-OH is 1. The van der Waals surface area contributed by atoms with E-state index in [9.17, 15) is 0 Å². The minimum atomic E-state index is -0.0789. The molecular formula is C7H12NOP. The van der Waals surface area contributed by atoms with Gasteiger partial charge in [-0.05, 0) is 11.4 Å². The van der Waals surface area contributed by atoms with E-state index in [1.165, 1.54) is 5.31 Å². The molecule has 0 bridgehead atoms. The fourth-order valence-corrected chi connectivity index (χ4v) is 1.55. The normalized spacial score (nSPS) is 19.2. The van der Waals surface area contributed by atoms with Crippen molar-refractivity contribution in [2.75, 3.05) is 6.61 Å². The number of hydrogen-bond acceptors (Lipinski definition) is 2. The van der Waals surface area contributed by atoms with Crippen molar-refractivity contribution in [1.29, 1.82) is 0 Å². The summed E-state index contributed by atoms with van der Waals surface area (Å²) in [5.41, 5.74) is 6.29. The molecule has 0 fully saturated rings. The average molecular weight is 157 g/mol. The molecular weight excluding hydrogens is 145 g/mol. The van der Waals surface area contributed by atoms with E-state index in [4.69, 9.17) is 10.8 Å². The third-order valence-electron chi connectivity index (χ3n) is 1.62. The summed E-state index contributed by atoms with van der Waals surface area (Å²) in [4.78, 5) is 0. The summed E-state index contributed by atoms with van der Waals surface area (Å²) < 4.78 is 0. The zero-order chi connectivity index (χ0) is 7.78. The Morgan fingerprint density at radius 3 is 2.50 bits per heavy atom. The first kappa shape index (κ1) is 7.93. The van der Waals surface area contributed by atoms with Gasteiger partial charge in [-0.1, -0.05) is 22.1 Å². The molecule has 0 saturated carbocycles. The maximum atomic E-state index is 8.92. The summed E-state index contributed by atoms with van der Waals surface area (Å²) in [5.74, 6) is 0. The third kappa shape index (κ3) is 1.29. The zero-order valence-corrected chi connectivity index (χ0v) is 7.15. The standard InChI is InChI=1S/C7H12NOP/c1-7(2,4-9)5-3-6(8)10-5/h3,9H,4,8H2,1-2H3. The molecule has 1 heterocycles. The van der Waals surface area contributed by atoms with E-state index in [0.717, 1.165) is 13.6 Å². The molecule has 3 heteroatoms. The van der Waals surface area contributed by atoms with E-state index in [1.54, 1.807) is 0 Å². The first-order valence-corrected chi connectivity index (χ1v) is 4.13. The van der Waals surface area contributed by atoms with Crippen LogP contribution in [-0.2, 0) is 0 Å². The SMILES string of the molecule is CC(C)(CO)C1=CC(N)=P1. The molecule has 0 amide bonds. The van der Waals surface area contributed by atoms with Gasteiger partial charge >= 0.3 is 0 Å². The highest BCUT2D eigenvalue weighted by Gasteiger charge is 2.24.